The molecule has 3 nitrogen and oxygen atoms in total. The highest BCUT2D eigenvalue weighted by Crippen LogP contribution is 2.18. The lowest BCUT2D eigenvalue weighted by Crippen LogP contribution is -2.03. The molecule has 76 valence electrons. The second kappa shape index (κ2) is 3.71. The van der Waals surface area contributed by atoms with Crippen LogP contribution in [0.2, 0.25) is 0 Å². The number of aliphatic hydroxyl groups is 1. The summed E-state index contributed by atoms with van der Waals surface area (Å²) in [6, 6.07) is 0. The minimum Gasteiger partial charge on any atom is -0.393 e. The molecule has 0 fully saturated rings. The average molecular weight is 210 g/mol. The lowest BCUT2D eigenvalue weighted by Gasteiger charge is -2.03. The first-order chi connectivity index (χ1) is 6.68. The van der Waals surface area contributed by atoms with E-state index < -0.39 is 0 Å². The fourth-order valence-corrected chi connectivity index (χ4v) is 2.37. The van der Waals surface area contributed by atoms with Gasteiger partial charge in [0, 0.05) is 17.3 Å². The van der Waals surface area contributed by atoms with Crippen molar-refractivity contribution < 1.29 is 5.11 Å². The Bertz CT molecular complexity index is 430. The highest BCUT2D eigenvalue weighted by molar-refractivity contribution is 7.15. The van der Waals surface area contributed by atoms with Gasteiger partial charge in [0.05, 0.1) is 11.8 Å². The van der Waals surface area contributed by atoms with Gasteiger partial charge in [0.15, 0.2) is 4.96 Å². The van der Waals surface area contributed by atoms with Crippen molar-refractivity contribution in [3.05, 3.63) is 23.0 Å². The molecule has 4 heteroatoms. The van der Waals surface area contributed by atoms with E-state index in [1.165, 1.54) is 5.69 Å². The van der Waals surface area contributed by atoms with Gasteiger partial charge in [0.25, 0.3) is 0 Å². The Hall–Kier alpha value is -0.870. The first kappa shape index (κ1) is 9.68. The Morgan fingerprint density at radius 2 is 2.43 bits per heavy atom. The van der Waals surface area contributed by atoms with Crippen LogP contribution in [0.25, 0.3) is 4.96 Å². The van der Waals surface area contributed by atoms with Crippen LogP contribution in [0.4, 0.5) is 0 Å². The minimum atomic E-state index is -0.237. The smallest absolute Gasteiger partial charge is 0.194 e. The fourth-order valence-electron chi connectivity index (χ4n) is 1.59. The largest absolute Gasteiger partial charge is 0.393 e. The molecular formula is C10H14N2OS. The third-order valence-electron chi connectivity index (χ3n) is 2.36. The SMILES string of the molecule is Cc1nc2sccn2c1CC[C@@H](C)O. The molecule has 2 aromatic heterocycles. The number of hydrogen-bond acceptors (Lipinski definition) is 3. The van der Waals surface area contributed by atoms with Crippen LogP contribution in [0.15, 0.2) is 11.6 Å². The van der Waals surface area contributed by atoms with Gasteiger partial charge in [0.2, 0.25) is 0 Å². The van der Waals surface area contributed by atoms with Gasteiger partial charge in [-0.05, 0) is 26.7 Å². The number of thiazole rings is 1. The molecule has 0 aliphatic rings. The second-order valence-corrected chi connectivity index (χ2v) is 4.46. The summed E-state index contributed by atoms with van der Waals surface area (Å²) in [5, 5.41) is 11.3. The number of aromatic nitrogens is 2. The lowest BCUT2D eigenvalue weighted by molar-refractivity contribution is 0.184. The highest BCUT2D eigenvalue weighted by atomic mass is 32.1. The third-order valence-corrected chi connectivity index (χ3v) is 3.12. The maximum absolute atomic E-state index is 9.24. The van der Waals surface area contributed by atoms with Gasteiger partial charge in [0.1, 0.15) is 0 Å². The van der Waals surface area contributed by atoms with E-state index in [1.54, 1.807) is 11.3 Å². The normalized spacial score (nSPS) is 13.6. The molecular weight excluding hydrogens is 196 g/mol. The van der Waals surface area contributed by atoms with E-state index in [0.29, 0.717) is 0 Å². The maximum atomic E-state index is 9.24. The van der Waals surface area contributed by atoms with Gasteiger partial charge in [-0.1, -0.05) is 0 Å². The molecule has 0 saturated carbocycles. The van der Waals surface area contributed by atoms with E-state index in [1.807, 2.05) is 25.4 Å². The summed E-state index contributed by atoms with van der Waals surface area (Å²) in [7, 11) is 0. The average Bonchev–Trinajstić information content (AvgIpc) is 2.61. The number of imidazole rings is 1. The predicted molar refractivity (Wildman–Crippen MR) is 57.8 cm³/mol. The Morgan fingerprint density at radius 3 is 3.14 bits per heavy atom. The van der Waals surface area contributed by atoms with Crippen molar-refractivity contribution in [2.24, 2.45) is 0 Å². The lowest BCUT2D eigenvalue weighted by atomic mass is 10.1. The van der Waals surface area contributed by atoms with Crippen molar-refractivity contribution in [1.29, 1.82) is 0 Å². The van der Waals surface area contributed by atoms with Crippen molar-refractivity contribution in [1.82, 2.24) is 9.38 Å². The Labute approximate surface area is 87.0 Å². The van der Waals surface area contributed by atoms with Crippen LogP contribution in [0.5, 0.6) is 0 Å². The summed E-state index contributed by atoms with van der Waals surface area (Å²) >= 11 is 1.65. The summed E-state index contributed by atoms with van der Waals surface area (Å²) < 4.78 is 2.11. The number of nitrogens with zero attached hydrogens (tertiary/aromatic N) is 2. The molecule has 0 aliphatic heterocycles. The van der Waals surface area contributed by atoms with Crippen LogP contribution in [-0.4, -0.2) is 20.6 Å². The molecule has 0 radical (unpaired) electrons. The first-order valence-electron chi connectivity index (χ1n) is 4.77. The van der Waals surface area contributed by atoms with E-state index in [0.717, 1.165) is 23.5 Å². The summed E-state index contributed by atoms with van der Waals surface area (Å²) in [6.45, 7) is 3.85. The minimum absolute atomic E-state index is 0.237. The molecule has 0 spiro atoms. The summed E-state index contributed by atoms with van der Waals surface area (Å²) in [4.78, 5) is 5.50. The van der Waals surface area contributed by atoms with Crippen LogP contribution in [-0.2, 0) is 6.42 Å². The van der Waals surface area contributed by atoms with Crippen LogP contribution in [0, 0.1) is 6.92 Å². The number of rotatable bonds is 3. The molecule has 1 N–H and O–H groups in total. The number of fused-ring (bicyclic) bond motifs is 1. The maximum Gasteiger partial charge on any atom is 0.194 e. The van der Waals surface area contributed by atoms with Crippen LogP contribution in [0.3, 0.4) is 0 Å². The summed E-state index contributed by atoms with van der Waals surface area (Å²) in [5.74, 6) is 0. The number of aryl methyl sites for hydroxylation is 2. The van der Waals surface area contributed by atoms with E-state index in [2.05, 4.69) is 9.38 Å². The van der Waals surface area contributed by atoms with E-state index in [4.69, 9.17) is 0 Å². The Morgan fingerprint density at radius 1 is 1.64 bits per heavy atom. The van der Waals surface area contributed by atoms with E-state index in [-0.39, 0.29) is 6.10 Å². The van der Waals surface area contributed by atoms with Crippen molar-refractivity contribution in [2.45, 2.75) is 32.8 Å². The van der Waals surface area contributed by atoms with Crippen LogP contribution in [0.1, 0.15) is 24.7 Å². The van der Waals surface area contributed by atoms with Crippen LogP contribution < -0.4 is 0 Å². The number of hydrogen-bond donors (Lipinski definition) is 1. The van der Waals surface area contributed by atoms with Gasteiger partial charge in [-0.25, -0.2) is 4.98 Å². The molecule has 0 bridgehead atoms. The third kappa shape index (κ3) is 1.67. The monoisotopic (exact) mass is 210 g/mol. The summed E-state index contributed by atoms with van der Waals surface area (Å²) in [6.07, 6.45) is 3.49. The van der Waals surface area contributed by atoms with E-state index in [9.17, 15) is 5.11 Å². The van der Waals surface area contributed by atoms with Gasteiger partial charge in [-0.2, -0.15) is 0 Å². The predicted octanol–water partition coefficient (Wildman–Crippen LogP) is 2.02. The van der Waals surface area contributed by atoms with Gasteiger partial charge < -0.3 is 5.11 Å². The standard InChI is InChI=1S/C10H14N2OS/c1-7(13)3-4-9-8(2)11-10-12(9)5-6-14-10/h5-7,13H,3-4H2,1-2H3/t7-/m1/s1. The van der Waals surface area contributed by atoms with Crippen molar-refractivity contribution in [3.8, 4) is 0 Å². The number of aliphatic hydroxyl groups excluding tert-OH is 1. The molecule has 0 saturated heterocycles. The molecule has 2 aromatic rings. The molecule has 1 atom stereocenters. The van der Waals surface area contributed by atoms with Crippen molar-refractivity contribution >= 4 is 16.3 Å². The van der Waals surface area contributed by atoms with Crippen molar-refractivity contribution in [2.75, 3.05) is 0 Å². The van der Waals surface area contributed by atoms with Gasteiger partial charge in [-0.15, -0.1) is 11.3 Å². The Balaban J connectivity index is 2.29. The van der Waals surface area contributed by atoms with Gasteiger partial charge >= 0.3 is 0 Å². The second-order valence-electron chi connectivity index (χ2n) is 3.59. The molecule has 0 unspecified atom stereocenters. The highest BCUT2D eigenvalue weighted by Gasteiger charge is 2.09. The Kier molecular flexibility index (Phi) is 2.56. The van der Waals surface area contributed by atoms with Crippen LogP contribution >= 0.6 is 11.3 Å². The molecule has 0 aromatic carbocycles. The summed E-state index contributed by atoms with van der Waals surface area (Å²) in [5.41, 5.74) is 2.31. The van der Waals surface area contributed by atoms with Gasteiger partial charge in [-0.3, -0.25) is 4.40 Å². The van der Waals surface area contributed by atoms with Crippen molar-refractivity contribution in [3.63, 3.8) is 0 Å². The first-order valence-corrected chi connectivity index (χ1v) is 5.65. The molecule has 2 rings (SSSR count). The zero-order chi connectivity index (χ0) is 10.1. The van der Waals surface area contributed by atoms with E-state index >= 15 is 0 Å². The molecule has 2 heterocycles. The quantitative estimate of drug-likeness (QED) is 0.841. The zero-order valence-corrected chi connectivity index (χ0v) is 9.21. The molecule has 14 heavy (non-hydrogen) atoms. The molecule has 0 amide bonds. The topological polar surface area (TPSA) is 37.5 Å². The fraction of sp³-hybridized carbons (Fsp3) is 0.500. The molecule has 0 aliphatic carbocycles. The zero-order valence-electron chi connectivity index (χ0n) is 8.40.